The SMILES string of the molecule is CCCc1nc2ccc(Br)cc2c(=O)n1N=Cc1cc(OCC)c(OCc2cccc3ccccc23)c(Br)c1Br. The van der Waals surface area contributed by atoms with Crippen molar-refractivity contribution in [2.45, 2.75) is 33.3 Å². The molecule has 0 amide bonds. The maximum absolute atomic E-state index is 13.4. The molecule has 5 aromatic rings. The zero-order chi connectivity index (χ0) is 28.2. The predicted octanol–water partition coefficient (Wildman–Crippen LogP) is 8.65. The van der Waals surface area contributed by atoms with Crippen LogP contribution in [0.15, 0.2) is 90.0 Å². The van der Waals surface area contributed by atoms with Crippen molar-refractivity contribution in [2.24, 2.45) is 5.10 Å². The van der Waals surface area contributed by atoms with Crippen LogP contribution in [0.25, 0.3) is 21.7 Å². The second-order valence-corrected chi connectivity index (χ2v) is 11.6. The molecule has 40 heavy (non-hydrogen) atoms. The van der Waals surface area contributed by atoms with Crippen LogP contribution < -0.4 is 15.0 Å². The monoisotopic (exact) mass is 725 g/mol. The van der Waals surface area contributed by atoms with E-state index in [1.165, 1.54) is 4.68 Å². The first-order valence-electron chi connectivity index (χ1n) is 12.9. The molecular formula is C31H26Br3N3O3. The van der Waals surface area contributed by atoms with Crippen molar-refractivity contribution in [3.05, 3.63) is 107 Å². The van der Waals surface area contributed by atoms with Crippen LogP contribution in [0.3, 0.4) is 0 Å². The van der Waals surface area contributed by atoms with E-state index in [4.69, 9.17) is 14.5 Å². The van der Waals surface area contributed by atoms with Gasteiger partial charge in [0.1, 0.15) is 12.4 Å². The number of hydrogen-bond acceptors (Lipinski definition) is 5. The minimum absolute atomic E-state index is 0.221. The molecule has 0 N–H and O–H groups in total. The number of hydrogen-bond donors (Lipinski definition) is 0. The summed E-state index contributed by atoms with van der Waals surface area (Å²) in [4.78, 5) is 18.1. The Labute approximate surface area is 257 Å². The second-order valence-electron chi connectivity index (χ2n) is 9.08. The van der Waals surface area contributed by atoms with Gasteiger partial charge in [-0.3, -0.25) is 4.79 Å². The van der Waals surface area contributed by atoms with Crippen LogP contribution in [0.4, 0.5) is 0 Å². The van der Waals surface area contributed by atoms with Gasteiger partial charge in [0.2, 0.25) is 0 Å². The fourth-order valence-electron chi connectivity index (χ4n) is 4.48. The number of benzene rings is 4. The first-order valence-corrected chi connectivity index (χ1v) is 15.3. The number of aryl methyl sites for hydroxylation is 1. The zero-order valence-corrected chi connectivity index (χ0v) is 26.7. The number of nitrogens with zero attached hydrogens (tertiary/aromatic N) is 3. The van der Waals surface area contributed by atoms with E-state index in [1.54, 1.807) is 12.3 Å². The molecule has 0 bridgehead atoms. The third-order valence-corrected chi connectivity index (χ3v) is 9.01. The van der Waals surface area contributed by atoms with Crippen LogP contribution in [-0.4, -0.2) is 22.5 Å². The van der Waals surface area contributed by atoms with Crippen LogP contribution in [-0.2, 0) is 13.0 Å². The fourth-order valence-corrected chi connectivity index (χ4v) is 5.78. The lowest BCUT2D eigenvalue weighted by Crippen LogP contribution is -2.22. The lowest BCUT2D eigenvalue weighted by molar-refractivity contribution is 0.268. The summed E-state index contributed by atoms with van der Waals surface area (Å²) in [5.74, 6) is 1.76. The molecule has 0 saturated carbocycles. The Morgan fingerprint density at radius 1 is 0.925 bits per heavy atom. The highest BCUT2D eigenvalue weighted by atomic mass is 79.9. The number of aromatic nitrogens is 2. The van der Waals surface area contributed by atoms with Crippen molar-refractivity contribution in [1.82, 2.24) is 9.66 Å². The van der Waals surface area contributed by atoms with Gasteiger partial charge >= 0.3 is 0 Å². The van der Waals surface area contributed by atoms with Gasteiger partial charge in [-0.1, -0.05) is 65.3 Å². The molecule has 5 rings (SSSR count). The van der Waals surface area contributed by atoms with Gasteiger partial charge < -0.3 is 9.47 Å². The zero-order valence-electron chi connectivity index (χ0n) is 22.0. The average Bonchev–Trinajstić information content (AvgIpc) is 2.96. The van der Waals surface area contributed by atoms with Crippen LogP contribution in [0.1, 0.15) is 37.2 Å². The molecule has 0 radical (unpaired) electrons. The van der Waals surface area contributed by atoms with Gasteiger partial charge in [-0.15, -0.1) is 0 Å². The van der Waals surface area contributed by atoms with E-state index in [9.17, 15) is 4.79 Å². The molecule has 204 valence electrons. The van der Waals surface area contributed by atoms with E-state index in [1.807, 2.05) is 50.2 Å². The van der Waals surface area contributed by atoms with Crippen LogP contribution in [0, 0.1) is 0 Å². The number of ether oxygens (including phenoxy) is 2. The largest absolute Gasteiger partial charge is 0.490 e. The average molecular weight is 728 g/mol. The molecule has 0 aliphatic carbocycles. The van der Waals surface area contributed by atoms with Crippen molar-refractivity contribution in [1.29, 1.82) is 0 Å². The fraction of sp³-hybridized carbons (Fsp3) is 0.194. The van der Waals surface area contributed by atoms with E-state index in [0.29, 0.717) is 52.3 Å². The van der Waals surface area contributed by atoms with Gasteiger partial charge in [0.05, 0.1) is 28.2 Å². The highest BCUT2D eigenvalue weighted by molar-refractivity contribution is 9.13. The minimum atomic E-state index is -0.221. The molecule has 0 atom stereocenters. The van der Waals surface area contributed by atoms with Crippen molar-refractivity contribution in [2.75, 3.05) is 6.61 Å². The Bertz CT molecular complexity index is 1800. The maximum atomic E-state index is 13.4. The lowest BCUT2D eigenvalue weighted by atomic mass is 10.1. The highest BCUT2D eigenvalue weighted by Crippen LogP contribution is 2.43. The standard InChI is InChI=1S/C31H26Br3N3O3/c1-3-8-27-36-25-14-13-22(32)16-24(25)31(38)37(27)35-17-21-15-26(39-4-2)30(29(34)28(21)33)40-18-20-11-7-10-19-9-5-6-12-23(19)20/h5-7,9-17H,3-4,8,18H2,1-2H3. The Balaban J connectivity index is 1.52. The first-order chi connectivity index (χ1) is 19.4. The molecule has 0 aliphatic rings. The van der Waals surface area contributed by atoms with E-state index in [0.717, 1.165) is 37.3 Å². The molecule has 6 nitrogen and oxygen atoms in total. The first kappa shape index (κ1) is 28.5. The molecule has 1 heterocycles. The molecule has 0 saturated heterocycles. The highest BCUT2D eigenvalue weighted by Gasteiger charge is 2.18. The van der Waals surface area contributed by atoms with Crippen molar-refractivity contribution < 1.29 is 9.47 Å². The van der Waals surface area contributed by atoms with Gasteiger partial charge in [0.25, 0.3) is 5.56 Å². The minimum Gasteiger partial charge on any atom is -0.490 e. The maximum Gasteiger partial charge on any atom is 0.282 e. The van der Waals surface area contributed by atoms with E-state index >= 15 is 0 Å². The van der Waals surface area contributed by atoms with Gasteiger partial charge in [0.15, 0.2) is 11.5 Å². The topological polar surface area (TPSA) is 65.7 Å². The van der Waals surface area contributed by atoms with E-state index in [2.05, 4.69) is 77.2 Å². The molecule has 0 fully saturated rings. The van der Waals surface area contributed by atoms with Crippen LogP contribution in [0.5, 0.6) is 11.5 Å². The van der Waals surface area contributed by atoms with Crippen LogP contribution in [0.2, 0.25) is 0 Å². The lowest BCUT2D eigenvalue weighted by Gasteiger charge is -2.17. The summed E-state index contributed by atoms with van der Waals surface area (Å²) in [7, 11) is 0. The number of halogens is 3. The summed E-state index contributed by atoms with van der Waals surface area (Å²) < 4.78 is 15.9. The normalized spacial score (nSPS) is 11.5. The second kappa shape index (κ2) is 12.7. The smallest absolute Gasteiger partial charge is 0.282 e. The van der Waals surface area contributed by atoms with Crippen molar-refractivity contribution in [3.63, 3.8) is 0 Å². The Morgan fingerprint density at radius 2 is 1.73 bits per heavy atom. The van der Waals surface area contributed by atoms with Gasteiger partial charge in [-0.2, -0.15) is 9.78 Å². The summed E-state index contributed by atoms with van der Waals surface area (Å²) in [6.45, 7) is 4.80. The van der Waals surface area contributed by atoms with Gasteiger partial charge in [-0.05, 0) is 85.8 Å². The number of fused-ring (bicyclic) bond motifs is 2. The Hall–Kier alpha value is -3.01. The third kappa shape index (κ3) is 5.87. The van der Waals surface area contributed by atoms with Gasteiger partial charge in [-0.25, -0.2) is 4.98 Å². The Morgan fingerprint density at radius 3 is 2.52 bits per heavy atom. The summed E-state index contributed by atoms with van der Waals surface area (Å²) in [5.41, 5.74) is 2.23. The predicted molar refractivity (Wildman–Crippen MR) is 172 cm³/mol. The van der Waals surface area contributed by atoms with Crippen LogP contribution >= 0.6 is 47.8 Å². The molecule has 9 heteroatoms. The van der Waals surface area contributed by atoms with Crippen molar-refractivity contribution >= 4 is 75.7 Å². The van der Waals surface area contributed by atoms with Crippen molar-refractivity contribution in [3.8, 4) is 11.5 Å². The summed E-state index contributed by atoms with van der Waals surface area (Å²) in [6.07, 6.45) is 3.09. The quantitative estimate of drug-likeness (QED) is 0.143. The molecule has 0 aliphatic heterocycles. The number of rotatable bonds is 9. The van der Waals surface area contributed by atoms with E-state index in [-0.39, 0.29) is 5.56 Å². The third-order valence-electron chi connectivity index (χ3n) is 6.37. The van der Waals surface area contributed by atoms with E-state index < -0.39 is 0 Å². The molecule has 4 aromatic carbocycles. The molecule has 0 spiro atoms. The Kier molecular flexibility index (Phi) is 9.03. The van der Waals surface area contributed by atoms with Gasteiger partial charge in [0, 0.05) is 20.9 Å². The molecule has 1 aromatic heterocycles. The molecular weight excluding hydrogens is 702 g/mol. The summed E-state index contributed by atoms with van der Waals surface area (Å²) in [5, 5.41) is 7.39. The molecule has 0 unspecified atom stereocenters. The summed E-state index contributed by atoms with van der Waals surface area (Å²) >= 11 is 10.8. The summed E-state index contributed by atoms with van der Waals surface area (Å²) in [6, 6.07) is 21.8.